The zero-order valence-corrected chi connectivity index (χ0v) is 12.1. The Balaban J connectivity index is 2.10. The van der Waals surface area contributed by atoms with Gasteiger partial charge < -0.3 is 10.1 Å². The van der Waals surface area contributed by atoms with E-state index in [0.717, 1.165) is 10.0 Å². The summed E-state index contributed by atoms with van der Waals surface area (Å²) in [5.41, 5.74) is 1.51. The molecule has 0 heterocycles. The molecule has 19 heavy (non-hydrogen) atoms. The second kappa shape index (κ2) is 6.50. The normalized spacial score (nSPS) is 11.9. The van der Waals surface area contributed by atoms with Gasteiger partial charge in [0.05, 0.1) is 0 Å². The molecule has 98 valence electrons. The fraction of sp³-hybridized carbons (Fsp3) is 0.133. The number of hydrogen-bond donors (Lipinski definition) is 1. The quantitative estimate of drug-likeness (QED) is 0.875. The maximum atomic E-state index is 12.1. The monoisotopic (exact) mass is 319 g/mol. The van der Waals surface area contributed by atoms with E-state index in [-0.39, 0.29) is 5.91 Å². The van der Waals surface area contributed by atoms with E-state index in [2.05, 4.69) is 21.2 Å². The molecule has 2 rings (SSSR count). The lowest BCUT2D eigenvalue weighted by Gasteiger charge is -2.17. The van der Waals surface area contributed by atoms with Gasteiger partial charge in [0.25, 0.3) is 5.91 Å². The average Bonchev–Trinajstić information content (AvgIpc) is 2.46. The Hall–Kier alpha value is -1.65. The van der Waals surface area contributed by atoms with Crippen LogP contribution in [0, 0.1) is 0 Å². The zero-order chi connectivity index (χ0) is 13.7. The lowest BCUT2D eigenvalue weighted by molar-refractivity contribution is 0.0575. The van der Waals surface area contributed by atoms with Crippen molar-refractivity contribution >= 4 is 21.8 Å². The van der Waals surface area contributed by atoms with Crippen molar-refractivity contribution in [2.75, 3.05) is 7.11 Å². The third kappa shape index (κ3) is 3.66. The Morgan fingerprint density at radius 1 is 1.11 bits per heavy atom. The molecular formula is C15H14BrNO2. The van der Waals surface area contributed by atoms with Crippen LogP contribution in [0.4, 0.5) is 0 Å². The van der Waals surface area contributed by atoms with Crippen molar-refractivity contribution in [3.05, 3.63) is 70.2 Å². The molecule has 0 saturated carbocycles. The van der Waals surface area contributed by atoms with Crippen LogP contribution in [0.2, 0.25) is 0 Å². The molecule has 0 aliphatic heterocycles. The van der Waals surface area contributed by atoms with E-state index in [1.165, 1.54) is 0 Å². The first-order valence-corrected chi connectivity index (χ1v) is 6.64. The predicted molar refractivity (Wildman–Crippen MR) is 77.8 cm³/mol. The zero-order valence-electron chi connectivity index (χ0n) is 10.5. The fourth-order valence-electron chi connectivity index (χ4n) is 1.71. The van der Waals surface area contributed by atoms with Crippen molar-refractivity contribution in [3.8, 4) is 0 Å². The number of benzene rings is 2. The van der Waals surface area contributed by atoms with E-state index in [1.807, 2.05) is 42.5 Å². The van der Waals surface area contributed by atoms with E-state index >= 15 is 0 Å². The van der Waals surface area contributed by atoms with Gasteiger partial charge in [-0.25, -0.2) is 0 Å². The minimum atomic E-state index is -0.447. The van der Waals surface area contributed by atoms with Crippen LogP contribution in [-0.4, -0.2) is 13.0 Å². The summed E-state index contributed by atoms with van der Waals surface area (Å²) < 4.78 is 6.25. The van der Waals surface area contributed by atoms with Crippen molar-refractivity contribution in [2.24, 2.45) is 0 Å². The van der Waals surface area contributed by atoms with Crippen molar-refractivity contribution in [1.82, 2.24) is 5.32 Å². The standard InChI is InChI=1S/C15H14BrNO2/c1-19-15(12-5-3-2-4-6-12)17-14(18)11-7-9-13(16)10-8-11/h2-10,15H,1H3,(H,17,18). The van der Waals surface area contributed by atoms with Crippen LogP contribution in [0.15, 0.2) is 59.1 Å². The Bertz CT molecular complexity index is 540. The Morgan fingerprint density at radius 3 is 2.32 bits per heavy atom. The molecule has 2 aromatic rings. The molecule has 0 saturated heterocycles. The summed E-state index contributed by atoms with van der Waals surface area (Å²) in [4.78, 5) is 12.1. The molecule has 0 radical (unpaired) electrons. The lowest BCUT2D eigenvalue weighted by atomic mass is 10.1. The molecule has 2 aromatic carbocycles. The first-order chi connectivity index (χ1) is 9.20. The highest BCUT2D eigenvalue weighted by atomic mass is 79.9. The number of amides is 1. The van der Waals surface area contributed by atoms with Crippen molar-refractivity contribution in [2.45, 2.75) is 6.23 Å². The summed E-state index contributed by atoms with van der Waals surface area (Å²) >= 11 is 3.34. The number of rotatable bonds is 4. The smallest absolute Gasteiger partial charge is 0.253 e. The second-order valence-corrected chi connectivity index (χ2v) is 4.92. The van der Waals surface area contributed by atoms with Crippen LogP contribution in [0.3, 0.4) is 0 Å². The average molecular weight is 320 g/mol. The van der Waals surface area contributed by atoms with Crippen LogP contribution in [0.5, 0.6) is 0 Å². The maximum Gasteiger partial charge on any atom is 0.253 e. The third-order valence-corrected chi connectivity index (χ3v) is 3.24. The second-order valence-electron chi connectivity index (χ2n) is 4.01. The number of carbonyl (C=O) groups excluding carboxylic acids is 1. The van der Waals surface area contributed by atoms with Crippen LogP contribution < -0.4 is 5.32 Å². The van der Waals surface area contributed by atoms with Crippen molar-refractivity contribution in [1.29, 1.82) is 0 Å². The molecule has 0 aliphatic carbocycles. The highest BCUT2D eigenvalue weighted by Crippen LogP contribution is 2.15. The highest BCUT2D eigenvalue weighted by Gasteiger charge is 2.14. The van der Waals surface area contributed by atoms with Gasteiger partial charge >= 0.3 is 0 Å². The predicted octanol–water partition coefficient (Wildman–Crippen LogP) is 3.52. The highest BCUT2D eigenvalue weighted by molar-refractivity contribution is 9.10. The van der Waals surface area contributed by atoms with E-state index < -0.39 is 6.23 Å². The molecule has 0 aromatic heterocycles. The van der Waals surface area contributed by atoms with E-state index in [0.29, 0.717) is 5.56 Å². The lowest BCUT2D eigenvalue weighted by Crippen LogP contribution is -2.29. The van der Waals surface area contributed by atoms with E-state index in [9.17, 15) is 4.79 Å². The molecule has 1 N–H and O–H groups in total. The number of ether oxygens (including phenoxy) is 1. The van der Waals surface area contributed by atoms with Gasteiger partial charge in [-0.05, 0) is 24.3 Å². The summed E-state index contributed by atoms with van der Waals surface area (Å²) in [5.74, 6) is -0.164. The Kier molecular flexibility index (Phi) is 4.71. The van der Waals surface area contributed by atoms with Crippen LogP contribution in [0.25, 0.3) is 0 Å². The minimum Gasteiger partial charge on any atom is -0.357 e. The van der Waals surface area contributed by atoms with Gasteiger partial charge in [0, 0.05) is 22.7 Å². The maximum absolute atomic E-state index is 12.1. The Labute approximate surface area is 120 Å². The topological polar surface area (TPSA) is 38.3 Å². The number of carbonyl (C=O) groups is 1. The number of nitrogens with one attached hydrogen (secondary N) is 1. The number of hydrogen-bond acceptors (Lipinski definition) is 2. The molecule has 0 fully saturated rings. The molecule has 1 amide bonds. The van der Waals surface area contributed by atoms with E-state index in [1.54, 1.807) is 19.2 Å². The number of methoxy groups -OCH3 is 1. The number of halogens is 1. The summed E-state index contributed by atoms with van der Waals surface area (Å²) in [6.45, 7) is 0. The molecule has 0 bridgehead atoms. The summed E-state index contributed by atoms with van der Waals surface area (Å²) in [6.07, 6.45) is -0.447. The van der Waals surface area contributed by atoms with Crippen LogP contribution in [0.1, 0.15) is 22.1 Å². The molecule has 0 spiro atoms. The van der Waals surface area contributed by atoms with Gasteiger partial charge in [-0.15, -0.1) is 0 Å². The van der Waals surface area contributed by atoms with Crippen molar-refractivity contribution < 1.29 is 9.53 Å². The molecule has 4 heteroatoms. The third-order valence-electron chi connectivity index (χ3n) is 2.71. The van der Waals surface area contributed by atoms with Crippen molar-refractivity contribution in [3.63, 3.8) is 0 Å². The van der Waals surface area contributed by atoms with Gasteiger partial charge in [0.15, 0.2) is 6.23 Å². The van der Waals surface area contributed by atoms with Gasteiger partial charge in [-0.1, -0.05) is 46.3 Å². The first kappa shape index (κ1) is 13.8. The summed E-state index contributed by atoms with van der Waals surface area (Å²) in [7, 11) is 1.57. The summed E-state index contributed by atoms with van der Waals surface area (Å²) in [6, 6.07) is 16.8. The van der Waals surface area contributed by atoms with Gasteiger partial charge in [0.1, 0.15) is 0 Å². The fourth-order valence-corrected chi connectivity index (χ4v) is 1.97. The van der Waals surface area contributed by atoms with Crippen LogP contribution in [-0.2, 0) is 4.74 Å². The first-order valence-electron chi connectivity index (χ1n) is 5.85. The Morgan fingerprint density at radius 2 is 1.74 bits per heavy atom. The molecule has 1 atom stereocenters. The van der Waals surface area contributed by atoms with Crippen LogP contribution >= 0.6 is 15.9 Å². The molecule has 0 aliphatic rings. The van der Waals surface area contributed by atoms with Gasteiger partial charge in [-0.3, -0.25) is 4.79 Å². The van der Waals surface area contributed by atoms with E-state index in [4.69, 9.17) is 4.74 Å². The largest absolute Gasteiger partial charge is 0.357 e. The molecule has 1 unspecified atom stereocenters. The van der Waals surface area contributed by atoms with Gasteiger partial charge in [-0.2, -0.15) is 0 Å². The summed E-state index contributed by atoms with van der Waals surface area (Å²) in [5, 5.41) is 2.84. The minimum absolute atomic E-state index is 0.164. The molecular weight excluding hydrogens is 306 g/mol. The van der Waals surface area contributed by atoms with Gasteiger partial charge in [0.2, 0.25) is 0 Å². The molecule has 3 nitrogen and oxygen atoms in total. The SMILES string of the molecule is COC(NC(=O)c1ccc(Br)cc1)c1ccccc1.